The van der Waals surface area contributed by atoms with E-state index in [4.69, 9.17) is 4.42 Å². The maximum Gasteiger partial charge on any atom is 0.257 e. The molecule has 0 N–H and O–H groups in total. The van der Waals surface area contributed by atoms with Crippen molar-refractivity contribution in [2.45, 2.75) is 36.1 Å². The molecule has 138 valence electrons. The van der Waals surface area contributed by atoms with E-state index in [0.717, 1.165) is 0 Å². The molecule has 0 saturated carbocycles. The van der Waals surface area contributed by atoms with Crippen molar-refractivity contribution in [3.8, 4) is 0 Å². The number of benzene rings is 1. The predicted molar refractivity (Wildman–Crippen MR) is 98.1 cm³/mol. The monoisotopic (exact) mass is 385 g/mol. The quantitative estimate of drug-likeness (QED) is 0.681. The number of thioether (sulfide) groups is 1. The van der Waals surface area contributed by atoms with E-state index < -0.39 is 10.0 Å². The van der Waals surface area contributed by atoms with E-state index in [0.29, 0.717) is 29.4 Å². The number of oxazole rings is 1. The zero-order valence-corrected chi connectivity index (χ0v) is 16.6. The fraction of sp³-hybridized carbons (Fsp3) is 0.500. The van der Waals surface area contributed by atoms with E-state index >= 15 is 0 Å². The lowest BCUT2D eigenvalue weighted by atomic mass is 10.3. The van der Waals surface area contributed by atoms with Gasteiger partial charge in [0.05, 0.1) is 10.1 Å². The first-order valence-electron chi connectivity index (χ1n) is 7.99. The third kappa shape index (κ3) is 4.16. The van der Waals surface area contributed by atoms with Gasteiger partial charge >= 0.3 is 0 Å². The molecular weight excluding hydrogens is 362 g/mol. The molecule has 0 aliphatic heterocycles. The molecule has 0 unspecified atom stereocenters. The molecule has 0 aliphatic rings. The molecule has 0 saturated heterocycles. The highest BCUT2D eigenvalue weighted by molar-refractivity contribution is 8.00. The van der Waals surface area contributed by atoms with Crippen LogP contribution in [0, 0.1) is 0 Å². The molecule has 1 aromatic heterocycles. The molecule has 7 nitrogen and oxygen atoms in total. The number of carbonyl (C=O) groups is 1. The van der Waals surface area contributed by atoms with Gasteiger partial charge in [0.25, 0.3) is 5.22 Å². The molecule has 2 rings (SSSR count). The first-order chi connectivity index (χ1) is 11.7. The second-order valence-corrected chi connectivity index (χ2v) is 8.92. The summed E-state index contributed by atoms with van der Waals surface area (Å²) in [7, 11) is -0.166. The van der Waals surface area contributed by atoms with Gasteiger partial charge in [-0.25, -0.2) is 13.4 Å². The zero-order chi connectivity index (χ0) is 18.8. The van der Waals surface area contributed by atoms with Gasteiger partial charge in [-0.1, -0.05) is 25.6 Å². The van der Waals surface area contributed by atoms with E-state index in [9.17, 15) is 13.2 Å². The number of hydrogen-bond acceptors (Lipinski definition) is 6. The number of hydrogen-bond donors (Lipinski definition) is 0. The standard InChI is InChI=1S/C16H23N3O4S2/c1-6-19(7-2)25(21,22)12-8-9-14-13(10-12)17-16(23-14)24-11(3)15(20)18(4)5/h8-11H,6-7H2,1-5H3/t11-/m0/s1. The summed E-state index contributed by atoms with van der Waals surface area (Å²) in [5.41, 5.74) is 0.950. The number of sulfonamides is 1. The fourth-order valence-electron chi connectivity index (χ4n) is 2.37. The maximum absolute atomic E-state index is 12.6. The third-order valence-corrected chi connectivity index (χ3v) is 6.73. The van der Waals surface area contributed by atoms with Crippen LogP contribution in [0.15, 0.2) is 32.7 Å². The highest BCUT2D eigenvalue weighted by Crippen LogP contribution is 2.29. The first kappa shape index (κ1) is 19.7. The fourth-order valence-corrected chi connectivity index (χ4v) is 4.76. The molecule has 0 spiro atoms. The zero-order valence-electron chi connectivity index (χ0n) is 15.0. The van der Waals surface area contributed by atoms with Crippen LogP contribution in [-0.4, -0.2) is 60.9 Å². The number of fused-ring (bicyclic) bond motifs is 1. The Morgan fingerprint density at radius 2 is 1.92 bits per heavy atom. The van der Waals surface area contributed by atoms with Gasteiger partial charge in [0, 0.05) is 27.2 Å². The number of rotatable bonds is 7. The first-order valence-corrected chi connectivity index (χ1v) is 10.3. The number of carbonyl (C=O) groups excluding carboxylic acids is 1. The topological polar surface area (TPSA) is 83.7 Å². The van der Waals surface area contributed by atoms with Crippen molar-refractivity contribution < 1.29 is 17.6 Å². The van der Waals surface area contributed by atoms with Crippen molar-refractivity contribution in [3.63, 3.8) is 0 Å². The van der Waals surface area contributed by atoms with Crippen molar-refractivity contribution in [3.05, 3.63) is 18.2 Å². The molecule has 0 bridgehead atoms. The largest absolute Gasteiger partial charge is 0.431 e. The minimum Gasteiger partial charge on any atom is -0.431 e. The van der Waals surface area contributed by atoms with Crippen molar-refractivity contribution in [1.82, 2.24) is 14.2 Å². The Balaban J connectivity index is 2.32. The van der Waals surface area contributed by atoms with Gasteiger partial charge in [0.2, 0.25) is 15.9 Å². The summed E-state index contributed by atoms with van der Waals surface area (Å²) in [4.78, 5) is 18.0. The summed E-state index contributed by atoms with van der Waals surface area (Å²) >= 11 is 1.21. The van der Waals surface area contributed by atoms with Crippen LogP contribution < -0.4 is 0 Å². The van der Waals surface area contributed by atoms with Crippen molar-refractivity contribution >= 4 is 38.8 Å². The Bertz CT molecular complexity index is 857. The molecule has 1 amide bonds. The molecule has 25 heavy (non-hydrogen) atoms. The second kappa shape index (κ2) is 7.76. The van der Waals surface area contributed by atoms with Gasteiger partial charge in [-0.05, 0) is 25.1 Å². The number of amides is 1. The second-order valence-electron chi connectivity index (χ2n) is 5.69. The Labute approximate surface area is 152 Å². The van der Waals surface area contributed by atoms with E-state index in [1.54, 1.807) is 40.9 Å². The minimum absolute atomic E-state index is 0.0444. The highest BCUT2D eigenvalue weighted by atomic mass is 32.2. The molecule has 1 heterocycles. The van der Waals surface area contributed by atoms with Gasteiger partial charge in [0.1, 0.15) is 5.52 Å². The molecule has 0 fully saturated rings. The van der Waals surface area contributed by atoms with Gasteiger partial charge in [0.15, 0.2) is 5.58 Å². The summed E-state index contributed by atoms with van der Waals surface area (Å²) in [6.45, 7) is 6.18. The molecule has 1 atom stereocenters. The van der Waals surface area contributed by atoms with Crippen LogP contribution in [-0.2, 0) is 14.8 Å². The van der Waals surface area contributed by atoms with Crippen LogP contribution in [0.4, 0.5) is 0 Å². The smallest absolute Gasteiger partial charge is 0.257 e. The Hall–Kier alpha value is -1.58. The van der Waals surface area contributed by atoms with Crippen LogP contribution in [0.25, 0.3) is 11.1 Å². The van der Waals surface area contributed by atoms with Crippen molar-refractivity contribution in [2.75, 3.05) is 27.2 Å². The molecule has 1 aromatic carbocycles. The number of nitrogens with zero attached hydrogens (tertiary/aromatic N) is 3. The van der Waals surface area contributed by atoms with Crippen LogP contribution in [0.3, 0.4) is 0 Å². The summed E-state index contributed by atoms with van der Waals surface area (Å²) in [6, 6.07) is 4.63. The van der Waals surface area contributed by atoms with E-state index in [2.05, 4.69) is 4.98 Å². The van der Waals surface area contributed by atoms with Crippen LogP contribution in [0.5, 0.6) is 0 Å². The summed E-state index contributed by atoms with van der Waals surface area (Å²) in [5.74, 6) is -0.0444. The summed E-state index contributed by atoms with van der Waals surface area (Å²) < 4.78 is 32.2. The van der Waals surface area contributed by atoms with E-state index in [1.165, 1.54) is 33.1 Å². The lowest BCUT2D eigenvalue weighted by Gasteiger charge is -2.18. The van der Waals surface area contributed by atoms with Crippen molar-refractivity contribution in [2.24, 2.45) is 0 Å². The van der Waals surface area contributed by atoms with Gasteiger partial charge in [-0.15, -0.1) is 0 Å². The van der Waals surface area contributed by atoms with E-state index in [-0.39, 0.29) is 16.1 Å². The molecule has 2 aromatic rings. The molecule has 0 aliphatic carbocycles. The lowest BCUT2D eigenvalue weighted by molar-refractivity contribution is -0.127. The normalized spacial score (nSPS) is 13.4. The lowest BCUT2D eigenvalue weighted by Crippen LogP contribution is -2.30. The molecular formula is C16H23N3O4S2. The average Bonchev–Trinajstić information content (AvgIpc) is 2.95. The highest BCUT2D eigenvalue weighted by Gasteiger charge is 2.23. The predicted octanol–water partition coefficient (Wildman–Crippen LogP) is 2.43. The molecule has 0 radical (unpaired) electrons. The number of aromatic nitrogens is 1. The Kier molecular flexibility index (Phi) is 6.12. The van der Waals surface area contributed by atoms with Gasteiger partial charge in [-0.3, -0.25) is 4.79 Å². The Morgan fingerprint density at radius 1 is 1.28 bits per heavy atom. The SMILES string of the molecule is CCN(CC)S(=O)(=O)c1ccc2oc(S[C@@H](C)C(=O)N(C)C)nc2c1. The molecule has 9 heteroatoms. The van der Waals surface area contributed by atoms with Gasteiger partial charge < -0.3 is 9.32 Å². The van der Waals surface area contributed by atoms with Crippen LogP contribution in [0.1, 0.15) is 20.8 Å². The summed E-state index contributed by atoms with van der Waals surface area (Å²) in [6.07, 6.45) is 0. The van der Waals surface area contributed by atoms with Gasteiger partial charge in [-0.2, -0.15) is 4.31 Å². The van der Waals surface area contributed by atoms with Crippen LogP contribution >= 0.6 is 11.8 Å². The maximum atomic E-state index is 12.6. The third-order valence-electron chi connectivity index (χ3n) is 3.75. The van der Waals surface area contributed by atoms with Crippen LogP contribution in [0.2, 0.25) is 0 Å². The van der Waals surface area contributed by atoms with Crippen molar-refractivity contribution in [1.29, 1.82) is 0 Å². The Morgan fingerprint density at radius 3 is 2.48 bits per heavy atom. The summed E-state index contributed by atoms with van der Waals surface area (Å²) in [5, 5.41) is -0.00275. The minimum atomic E-state index is -3.55. The van der Waals surface area contributed by atoms with E-state index in [1.807, 2.05) is 0 Å². The average molecular weight is 386 g/mol.